The predicted octanol–water partition coefficient (Wildman–Crippen LogP) is 3.66. The third-order valence-electron chi connectivity index (χ3n) is 3.20. The van der Waals surface area contributed by atoms with Gasteiger partial charge in [0, 0.05) is 30.9 Å². The van der Waals surface area contributed by atoms with Gasteiger partial charge in [-0.25, -0.2) is 0 Å². The number of ether oxygens (including phenoxy) is 1. The number of benzene rings is 2. The van der Waals surface area contributed by atoms with Crippen LogP contribution in [0.2, 0.25) is 0 Å². The first kappa shape index (κ1) is 14.9. The topological polar surface area (TPSA) is 29.5 Å². The van der Waals surface area contributed by atoms with Crippen LogP contribution >= 0.6 is 0 Å². The molecule has 0 saturated carbocycles. The molecule has 0 aliphatic carbocycles. The molecule has 2 aromatic carbocycles. The average Bonchev–Trinajstić information content (AvgIpc) is 2.52. The second kappa shape index (κ2) is 6.75. The smallest absolute Gasteiger partial charge is 0.185 e. The molecule has 0 aromatic heterocycles. The Morgan fingerprint density at radius 1 is 1.10 bits per heavy atom. The maximum atomic E-state index is 12.2. The van der Waals surface area contributed by atoms with E-state index in [1.807, 2.05) is 67.5 Å². The van der Waals surface area contributed by atoms with Gasteiger partial charge in [0.05, 0.1) is 7.11 Å². The van der Waals surface area contributed by atoms with Gasteiger partial charge >= 0.3 is 0 Å². The van der Waals surface area contributed by atoms with Crippen molar-refractivity contribution in [3.8, 4) is 5.75 Å². The second-order valence-electron chi connectivity index (χ2n) is 4.88. The van der Waals surface area contributed by atoms with E-state index in [0.717, 1.165) is 17.0 Å². The third kappa shape index (κ3) is 3.72. The molecule has 0 aliphatic heterocycles. The second-order valence-corrected chi connectivity index (χ2v) is 4.88. The molecule has 21 heavy (non-hydrogen) atoms. The van der Waals surface area contributed by atoms with Gasteiger partial charge in [0.2, 0.25) is 0 Å². The van der Waals surface area contributed by atoms with Crippen LogP contribution in [0.3, 0.4) is 0 Å². The number of hydrogen-bond acceptors (Lipinski definition) is 3. The molecule has 108 valence electrons. The van der Waals surface area contributed by atoms with E-state index in [1.165, 1.54) is 0 Å². The number of carbonyl (C=O) groups excluding carboxylic acids is 1. The van der Waals surface area contributed by atoms with Crippen LogP contribution in [0, 0.1) is 0 Å². The first-order chi connectivity index (χ1) is 10.1. The van der Waals surface area contributed by atoms with Crippen LogP contribution in [0.5, 0.6) is 5.75 Å². The molecule has 3 nitrogen and oxygen atoms in total. The van der Waals surface area contributed by atoms with E-state index in [0.29, 0.717) is 5.56 Å². The molecule has 0 fully saturated rings. The molecule has 0 bridgehead atoms. The molecule has 0 N–H and O–H groups in total. The van der Waals surface area contributed by atoms with Crippen LogP contribution in [-0.2, 0) is 0 Å². The Bertz CT molecular complexity index is 660. The van der Waals surface area contributed by atoms with Crippen LogP contribution in [0.1, 0.15) is 15.9 Å². The number of carbonyl (C=O) groups is 1. The molecular formula is C18H19NO2. The van der Waals surface area contributed by atoms with Crippen molar-refractivity contribution in [1.82, 2.24) is 0 Å². The third-order valence-corrected chi connectivity index (χ3v) is 3.20. The largest absolute Gasteiger partial charge is 0.496 e. The first-order valence-corrected chi connectivity index (χ1v) is 6.74. The first-order valence-electron chi connectivity index (χ1n) is 6.74. The summed E-state index contributed by atoms with van der Waals surface area (Å²) in [5.41, 5.74) is 2.57. The number of ketones is 1. The van der Waals surface area contributed by atoms with E-state index in [2.05, 4.69) is 0 Å². The molecule has 2 rings (SSSR count). The summed E-state index contributed by atoms with van der Waals surface area (Å²) in [6, 6.07) is 15.2. The van der Waals surface area contributed by atoms with E-state index < -0.39 is 0 Å². The van der Waals surface area contributed by atoms with Gasteiger partial charge < -0.3 is 9.64 Å². The van der Waals surface area contributed by atoms with Crippen LogP contribution in [0.15, 0.2) is 54.6 Å². The summed E-state index contributed by atoms with van der Waals surface area (Å²) in [4.78, 5) is 14.2. The number of hydrogen-bond donors (Lipinski definition) is 0. The van der Waals surface area contributed by atoms with E-state index in [4.69, 9.17) is 4.74 Å². The lowest BCUT2D eigenvalue weighted by Crippen LogP contribution is -2.09. The lowest BCUT2D eigenvalue weighted by molar-refractivity contribution is 0.104. The monoisotopic (exact) mass is 281 g/mol. The molecule has 0 unspecified atom stereocenters. The molecule has 0 heterocycles. The van der Waals surface area contributed by atoms with Gasteiger partial charge in [-0.1, -0.05) is 30.3 Å². The summed E-state index contributed by atoms with van der Waals surface area (Å²) in [5.74, 6) is 0.730. The minimum absolute atomic E-state index is 0.0235. The fourth-order valence-corrected chi connectivity index (χ4v) is 2.00. The van der Waals surface area contributed by atoms with Crippen LogP contribution < -0.4 is 9.64 Å². The van der Waals surface area contributed by atoms with Gasteiger partial charge in [0.1, 0.15) is 5.75 Å². The minimum atomic E-state index is -0.0235. The summed E-state index contributed by atoms with van der Waals surface area (Å²) in [7, 11) is 5.53. The van der Waals surface area contributed by atoms with Crippen molar-refractivity contribution in [2.24, 2.45) is 0 Å². The summed E-state index contributed by atoms with van der Waals surface area (Å²) < 4.78 is 5.26. The van der Waals surface area contributed by atoms with Crippen molar-refractivity contribution >= 4 is 17.5 Å². The Morgan fingerprint density at radius 2 is 1.86 bits per heavy atom. The fourth-order valence-electron chi connectivity index (χ4n) is 2.00. The van der Waals surface area contributed by atoms with Gasteiger partial charge in [-0.05, 0) is 30.4 Å². The van der Waals surface area contributed by atoms with Crippen LogP contribution in [0.25, 0.3) is 6.08 Å². The molecule has 2 aromatic rings. The van der Waals surface area contributed by atoms with Crippen LogP contribution in [0.4, 0.5) is 5.69 Å². The highest BCUT2D eigenvalue weighted by Crippen LogP contribution is 2.19. The molecule has 0 spiro atoms. The Hall–Kier alpha value is -2.55. The Labute approximate surface area is 125 Å². The number of nitrogens with zero attached hydrogens (tertiary/aromatic N) is 1. The lowest BCUT2D eigenvalue weighted by atomic mass is 10.1. The predicted molar refractivity (Wildman–Crippen MR) is 87.1 cm³/mol. The van der Waals surface area contributed by atoms with Crippen LogP contribution in [-0.4, -0.2) is 27.0 Å². The average molecular weight is 281 g/mol. The highest BCUT2D eigenvalue weighted by atomic mass is 16.5. The number of anilines is 1. The van der Waals surface area contributed by atoms with Gasteiger partial charge in [-0.15, -0.1) is 0 Å². The van der Waals surface area contributed by atoms with Crippen molar-refractivity contribution in [3.05, 3.63) is 65.7 Å². The van der Waals surface area contributed by atoms with E-state index in [9.17, 15) is 4.79 Å². The summed E-state index contributed by atoms with van der Waals surface area (Å²) in [6.45, 7) is 0. The standard InChI is InChI=1S/C18H19NO2/c1-19(2)16-9-6-8-15(13-16)17(20)12-11-14-7-4-5-10-18(14)21-3/h4-13H,1-3H3. The number of allylic oxidation sites excluding steroid dienone is 1. The normalized spacial score (nSPS) is 10.6. The van der Waals surface area contributed by atoms with Crippen molar-refractivity contribution < 1.29 is 9.53 Å². The van der Waals surface area contributed by atoms with Crippen molar-refractivity contribution in [2.75, 3.05) is 26.1 Å². The molecule has 0 saturated heterocycles. The minimum Gasteiger partial charge on any atom is -0.496 e. The van der Waals surface area contributed by atoms with Gasteiger partial charge in [0.15, 0.2) is 5.78 Å². The van der Waals surface area contributed by atoms with Crippen molar-refractivity contribution in [1.29, 1.82) is 0 Å². The molecular weight excluding hydrogens is 262 g/mol. The van der Waals surface area contributed by atoms with E-state index in [1.54, 1.807) is 19.3 Å². The van der Waals surface area contributed by atoms with Gasteiger partial charge in [0.25, 0.3) is 0 Å². The Kier molecular flexibility index (Phi) is 4.77. The summed E-state index contributed by atoms with van der Waals surface area (Å²) in [5, 5.41) is 0. The lowest BCUT2D eigenvalue weighted by Gasteiger charge is -2.12. The highest BCUT2D eigenvalue weighted by Gasteiger charge is 2.04. The number of rotatable bonds is 5. The SMILES string of the molecule is COc1ccccc1C=CC(=O)c1cccc(N(C)C)c1. The zero-order chi connectivity index (χ0) is 15.2. The zero-order valence-electron chi connectivity index (χ0n) is 12.5. The van der Waals surface area contributed by atoms with Gasteiger partial charge in [-0.3, -0.25) is 4.79 Å². The van der Waals surface area contributed by atoms with Crippen molar-refractivity contribution in [3.63, 3.8) is 0 Å². The number of methoxy groups -OCH3 is 1. The molecule has 0 aliphatic rings. The van der Waals surface area contributed by atoms with E-state index >= 15 is 0 Å². The number of para-hydroxylation sites is 1. The fraction of sp³-hybridized carbons (Fsp3) is 0.167. The Balaban J connectivity index is 2.21. The summed E-state index contributed by atoms with van der Waals surface area (Å²) in [6.07, 6.45) is 3.36. The maximum absolute atomic E-state index is 12.2. The molecule has 0 atom stereocenters. The zero-order valence-corrected chi connectivity index (χ0v) is 12.5. The summed E-state index contributed by atoms with van der Waals surface area (Å²) >= 11 is 0. The van der Waals surface area contributed by atoms with Crippen molar-refractivity contribution in [2.45, 2.75) is 0 Å². The Morgan fingerprint density at radius 3 is 2.57 bits per heavy atom. The van der Waals surface area contributed by atoms with E-state index in [-0.39, 0.29) is 5.78 Å². The quantitative estimate of drug-likeness (QED) is 0.619. The van der Waals surface area contributed by atoms with Gasteiger partial charge in [-0.2, -0.15) is 0 Å². The maximum Gasteiger partial charge on any atom is 0.185 e. The molecule has 0 radical (unpaired) electrons. The molecule has 3 heteroatoms. The highest BCUT2D eigenvalue weighted by molar-refractivity contribution is 6.07. The molecule has 0 amide bonds.